The van der Waals surface area contributed by atoms with E-state index in [4.69, 9.17) is 11.6 Å². The SMILES string of the molecule is CC(Cl)CCCc1nc2ccccc2n1C. The minimum Gasteiger partial charge on any atom is -0.331 e. The van der Waals surface area contributed by atoms with Crippen molar-refractivity contribution in [1.29, 1.82) is 0 Å². The highest BCUT2D eigenvalue weighted by molar-refractivity contribution is 6.20. The van der Waals surface area contributed by atoms with Gasteiger partial charge in [-0.05, 0) is 31.9 Å². The molecule has 2 rings (SSSR count). The molecule has 1 heterocycles. The van der Waals surface area contributed by atoms with Crippen molar-refractivity contribution in [2.45, 2.75) is 31.6 Å². The van der Waals surface area contributed by atoms with Gasteiger partial charge in [0, 0.05) is 18.8 Å². The molecule has 0 N–H and O–H groups in total. The van der Waals surface area contributed by atoms with Crippen LogP contribution in [0.15, 0.2) is 24.3 Å². The lowest BCUT2D eigenvalue weighted by Crippen LogP contribution is -2.00. The standard InChI is InChI=1S/C13H17ClN2/c1-10(14)6-5-9-13-15-11-7-3-4-8-12(11)16(13)2/h3-4,7-8,10H,5-6,9H2,1-2H3. The molecular formula is C13H17ClN2. The maximum Gasteiger partial charge on any atom is 0.109 e. The van der Waals surface area contributed by atoms with Gasteiger partial charge < -0.3 is 4.57 Å². The van der Waals surface area contributed by atoms with E-state index >= 15 is 0 Å². The van der Waals surface area contributed by atoms with E-state index in [-0.39, 0.29) is 5.38 Å². The van der Waals surface area contributed by atoms with Gasteiger partial charge in [0.1, 0.15) is 5.82 Å². The van der Waals surface area contributed by atoms with Gasteiger partial charge in [0.05, 0.1) is 11.0 Å². The average Bonchev–Trinajstić information content (AvgIpc) is 2.56. The molecule has 0 saturated carbocycles. The number of rotatable bonds is 4. The Bertz CT molecular complexity index is 474. The third kappa shape index (κ3) is 2.38. The summed E-state index contributed by atoms with van der Waals surface area (Å²) in [5.41, 5.74) is 2.29. The minimum absolute atomic E-state index is 0.259. The van der Waals surface area contributed by atoms with Gasteiger partial charge in [-0.3, -0.25) is 0 Å². The van der Waals surface area contributed by atoms with Crippen LogP contribution in [-0.2, 0) is 13.5 Å². The van der Waals surface area contributed by atoms with Crippen molar-refractivity contribution in [3.63, 3.8) is 0 Å². The predicted molar refractivity (Wildman–Crippen MR) is 69.0 cm³/mol. The van der Waals surface area contributed by atoms with Gasteiger partial charge in [0.15, 0.2) is 0 Å². The number of benzene rings is 1. The van der Waals surface area contributed by atoms with Crippen LogP contribution in [0.4, 0.5) is 0 Å². The van der Waals surface area contributed by atoms with Crippen LogP contribution in [0.5, 0.6) is 0 Å². The largest absolute Gasteiger partial charge is 0.331 e. The van der Waals surface area contributed by atoms with Crippen LogP contribution in [0.3, 0.4) is 0 Å². The zero-order chi connectivity index (χ0) is 11.5. The summed E-state index contributed by atoms with van der Waals surface area (Å²) in [5.74, 6) is 1.15. The summed E-state index contributed by atoms with van der Waals surface area (Å²) in [4.78, 5) is 4.63. The van der Waals surface area contributed by atoms with E-state index < -0.39 is 0 Å². The summed E-state index contributed by atoms with van der Waals surface area (Å²) < 4.78 is 2.17. The van der Waals surface area contributed by atoms with Crippen molar-refractivity contribution in [2.75, 3.05) is 0 Å². The fourth-order valence-corrected chi connectivity index (χ4v) is 2.11. The molecule has 1 aromatic carbocycles. The Kier molecular flexibility index (Phi) is 3.49. The van der Waals surface area contributed by atoms with Crippen LogP contribution >= 0.6 is 11.6 Å². The highest BCUT2D eigenvalue weighted by Gasteiger charge is 2.06. The van der Waals surface area contributed by atoms with Gasteiger partial charge in [-0.1, -0.05) is 12.1 Å². The Labute approximate surface area is 101 Å². The molecule has 1 unspecified atom stereocenters. The van der Waals surface area contributed by atoms with Gasteiger partial charge in [-0.15, -0.1) is 11.6 Å². The summed E-state index contributed by atoms with van der Waals surface area (Å²) >= 11 is 5.94. The lowest BCUT2D eigenvalue weighted by molar-refractivity contribution is 0.680. The van der Waals surface area contributed by atoms with E-state index in [9.17, 15) is 0 Å². The predicted octanol–water partition coefficient (Wildman–Crippen LogP) is 3.52. The van der Waals surface area contributed by atoms with E-state index in [1.54, 1.807) is 0 Å². The lowest BCUT2D eigenvalue weighted by atomic mass is 10.2. The number of aromatic nitrogens is 2. The molecule has 0 fully saturated rings. The van der Waals surface area contributed by atoms with Crippen molar-refractivity contribution in [1.82, 2.24) is 9.55 Å². The molecule has 0 amide bonds. The second-order valence-electron chi connectivity index (χ2n) is 4.25. The maximum absolute atomic E-state index is 5.94. The normalized spacial score (nSPS) is 13.2. The summed E-state index contributed by atoms with van der Waals surface area (Å²) in [6.07, 6.45) is 3.15. The second kappa shape index (κ2) is 4.88. The molecule has 2 aromatic rings. The number of alkyl halides is 1. The number of hydrogen-bond donors (Lipinski definition) is 0. The monoisotopic (exact) mass is 236 g/mol. The number of fused-ring (bicyclic) bond motifs is 1. The fourth-order valence-electron chi connectivity index (χ4n) is 1.96. The van der Waals surface area contributed by atoms with E-state index in [1.807, 2.05) is 13.0 Å². The zero-order valence-electron chi connectivity index (χ0n) is 9.78. The van der Waals surface area contributed by atoms with Crippen LogP contribution in [-0.4, -0.2) is 14.9 Å². The van der Waals surface area contributed by atoms with Gasteiger partial charge in [0.25, 0.3) is 0 Å². The van der Waals surface area contributed by atoms with Crippen molar-refractivity contribution in [3.05, 3.63) is 30.1 Å². The molecule has 0 bridgehead atoms. The van der Waals surface area contributed by atoms with Gasteiger partial charge in [-0.25, -0.2) is 4.98 Å². The first-order valence-corrected chi connectivity index (χ1v) is 6.16. The first kappa shape index (κ1) is 11.5. The lowest BCUT2D eigenvalue weighted by Gasteiger charge is -2.03. The van der Waals surface area contributed by atoms with Crippen LogP contribution in [0.25, 0.3) is 11.0 Å². The molecule has 0 aliphatic heterocycles. The molecule has 0 aliphatic carbocycles. The summed E-state index contributed by atoms with van der Waals surface area (Å²) in [6.45, 7) is 2.04. The Morgan fingerprint density at radius 1 is 1.38 bits per heavy atom. The van der Waals surface area contributed by atoms with Gasteiger partial charge in [-0.2, -0.15) is 0 Å². The Balaban J connectivity index is 2.15. The van der Waals surface area contributed by atoms with E-state index in [0.29, 0.717) is 0 Å². The Hall–Kier alpha value is -1.02. The van der Waals surface area contributed by atoms with Crippen molar-refractivity contribution in [2.24, 2.45) is 7.05 Å². The first-order valence-electron chi connectivity index (χ1n) is 5.73. The highest BCUT2D eigenvalue weighted by atomic mass is 35.5. The first-order chi connectivity index (χ1) is 7.68. The van der Waals surface area contributed by atoms with E-state index in [2.05, 4.69) is 34.8 Å². The fraction of sp³-hybridized carbons (Fsp3) is 0.462. The molecule has 1 atom stereocenters. The highest BCUT2D eigenvalue weighted by Crippen LogP contribution is 2.16. The van der Waals surface area contributed by atoms with Crippen molar-refractivity contribution >= 4 is 22.6 Å². The molecule has 0 spiro atoms. The molecule has 0 radical (unpaired) electrons. The number of halogens is 1. The minimum atomic E-state index is 0.259. The third-order valence-electron chi connectivity index (χ3n) is 2.88. The Morgan fingerprint density at radius 2 is 2.12 bits per heavy atom. The molecule has 86 valence electrons. The molecular weight excluding hydrogens is 220 g/mol. The van der Waals surface area contributed by atoms with Crippen molar-refractivity contribution in [3.8, 4) is 0 Å². The number of hydrogen-bond acceptors (Lipinski definition) is 1. The Morgan fingerprint density at radius 3 is 2.81 bits per heavy atom. The third-order valence-corrected chi connectivity index (χ3v) is 3.10. The topological polar surface area (TPSA) is 17.8 Å². The number of nitrogens with zero attached hydrogens (tertiary/aromatic N) is 2. The smallest absolute Gasteiger partial charge is 0.109 e. The number of imidazole rings is 1. The summed E-state index contributed by atoms with van der Waals surface area (Å²) in [7, 11) is 2.08. The molecule has 1 aromatic heterocycles. The van der Waals surface area contributed by atoms with Crippen LogP contribution < -0.4 is 0 Å². The maximum atomic E-state index is 5.94. The number of aryl methyl sites for hydroxylation is 2. The van der Waals surface area contributed by atoms with Crippen LogP contribution in [0.1, 0.15) is 25.6 Å². The molecule has 3 heteroatoms. The molecule has 16 heavy (non-hydrogen) atoms. The van der Waals surface area contributed by atoms with Crippen LogP contribution in [0.2, 0.25) is 0 Å². The summed E-state index contributed by atoms with van der Waals surface area (Å²) in [5, 5.41) is 0.259. The zero-order valence-corrected chi connectivity index (χ0v) is 10.5. The van der Waals surface area contributed by atoms with E-state index in [1.165, 1.54) is 5.52 Å². The van der Waals surface area contributed by atoms with Gasteiger partial charge in [0.2, 0.25) is 0 Å². The molecule has 0 saturated heterocycles. The summed E-state index contributed by atoms with van der Waals surface area (Å²) in [6, 6.07) is 8.24. The molecule has 2 nitrogen and oxygen atoms in total. The van der Waals surface area contributed by atoms with Gasteiger partial charge >= 0.3 is 0 Å². The van der Waals surface area contributed by atoms with Crippen LogP contribution in [0, 0.1) is 0 Å². The second-order valence-corrected chi connectivity index (χ2v) is 4.99. The van der Waals surface area contributed by atoms with Crippen molar-refractivity contribution < 1.29 is 0 Å². The molecule has 0 aliphatic rings. The number of para-hydroxylation sites is 2. The quantitative estimate of drug-likeness (QED) is 0.743. The van der Waals surface area contributed by atoms with E-state index in [0.717, 1.165) is 30.6 Å². The average molecular weight is 237 g/mol.